The molecule has 0 bridgehead atoms. The molecular weight excluding hydrogens is 316 g/mol. The quantitative estimate of drug-likeness (QED) is 0.572. The van der Waals surface area contributed by atoms with Crippen molar-refractivity contribution in [2.24, 2.45) is 0 Å². The van der Waals surface area contributed by atoms with Crippen molar-refractivity contribution < 1.29 is 24.9 Å². The fourth-order valence-electron chi connectivity index (χ4n) is 3.46. The first kappa shape index (κ1) is 15.5. The molecule has 2 aliphatic heterocycles. The number of carbonyl (C=O) groups excluding carboxylic acids is 1. The lowest BCUT2D eigenvalue weighted by Gasteiger charge is -2.27. The Bertz CT molecular complexity index is 818. The van der Waals surface area contributed by atoms with Crippen molar-refractivity contribution >= 4 is 22.8 Å². The highest BCUT2D eigenvalue weighted by molar-refractivity contribution is 6.02. The minimum Gasteiger partial charge on any atom is -0.394 e. The molecule has 4 N–H and O–H groups in total. The Kier molecular flexibility index (Phi) is 3.36. The SMILES string of the molecule is C[C@]1(O)[C@H](O)[C@@H](CO)O[C@H]1n1cc2c3c(ncnc31)NC(=O)CC2. The first-order chi connectivity index (χ1) is 11.4. The van der Waals surface area contributed by atoms with E-state index < -0.39 is 30.6 Å². The predicted molar refractivity (Wildman–Crippen MR) is 82.1 cm³/mol. The Labute approximate surface area is 136 Å². The third kappa shape index (κ3) is 2.06. The summed E-state index contributed by atoms with van der Waals surface area (Å²) in [6.07, 6.45) is 0.874. The number of aliphatic hydroxyl groups is 3. The number of aliphatic hydroxyl groups excluding tert-OH is 2. The van der Waals surface area contributed by atoms with Crippen LogP contribution in [0.5, 0.6) is 0 Å². The molecule has 4 heterocycles. The van der Waals surface area contributed by atoms with Gasteiger partial charge >= 0.3 is 0 Å². The standard InChI is InChI=1S/C15H18N4O5/c1-15(23)11(22)8(5-20)24-14(15)19-4-7-2-3-9(21)18-12-10(7)13(19)17-6-16-12/h4,6,8,11,14,20,22-23H,2-3,5H2,1H3,(H,16,17,18,21)/t8-,11-,14-,15+/m1/s1. The summed E-state index contributed by atoms with van der Waals surface area (Å²) < 4.78 is 7.30. The van der Waals surface area contributed by atoms with Crippen LogP contribution in [-0.2, 0) is 16.0 Å². The van der Waals surface area contributed by atoms with Gasteiger partial charge in [0.25, 0.3) is 0 Å². The van der Waals surface area contributed by atoms with Crippen LogP contribution in [0.4, 0.5) is 5.82 Å². The topological polar surface area (TPSA) is 130 Å². The molecule has 9 nitrogen and oxygen atoms in total. The second-order valence-corrected chi connectivity index (χ2v) is 6.41. The maximum Gasteiger partial charge on any atom is 0.225 e. The zero-order chi connectivity index (χ0) is 17.1. The van der Waals surface area contributed by atoms with E-state index in [2.05, 4.69) is 15.3 Å². The number of nitrogens with one attached hydrogen (secondary N) is 1. The molecule has 2 aromatic rings. The summed E-state index contributed by atoms with van der Waals surface area (Å²) in [6.45, 7) is 1.05. The van der Waals surface area contributed by atoms with Crippen molar-refractivity contribution in [3.05, 3.63) is 18.1 Å². The summed E-state index contributed by atoms with van der Waals surface area (Å²) in [7, 11) is 0. The van der Waals surface area contributed by atoms with Crippen LogP contribution in [-0.4, -0.2) is 60.2 Å². The number of hydrogen-bond donors (Lipinski definition) is 4. The van der Waals surface area contributed by atoms with E-state index in [9.17, 15) is 20.1 Å². The van der Waals surface area contributed by atoms with E-state index in [1.54, 1.807) is 10.8 Å². The largest absolute Gasteiger partial charge is 0.394 e. The molecule has 0 unspecified atom stereocenters. The van der Waals surface area contributed by atoms with E-state index in [4.69, 9.17) is 4.74 Å². The highest BCUT2D eigenvalue weighted by Gasteiger charge is 2.53. The van der Waals surface area contributed by atoms with Crippen molar-refractivity contribution in [2.75, 3.05) is 11.9 Å². The van der Waals surface area contributed by atoms with Gasteiger partial charge in [0.05, 0.1) is 12.0 Å². The number of carbonyl (C=O) groups is 1. The number of amides is 1. The molecule has 0 aliphatic carbocycles. The third-order valence-electron chi connectivity index (χ3n) is 4.75. The molecule has 128 valence electrons. The number of nitrogens with zero attached hydrogens (tertiary/aromatic N) is 3. The summed E-state index contributed by atoms with van der Waals surface area (Å²) in [5.41, 5.74) is -0.247. The first-order valence-electron chi connectivity index (χ1n) is 7.74. The number of anilines is 1. The molecule has 4 rings (SSSR count). The molecule has 9 heteroatoms. The van der Waals surface area contributed by atoms with Crippen LogP contribution in [0.15, 0.2) is 12.5 Å². The summed E-state index contributed by atoms with van der Waals surface area (Å²) in [4.78, 5) is 20.1. The van der Waals surface area contributed by atoms with Crippen LogP contribution in [0.3, 0.4) is 0 Å². The van der Waals surface area contributed by atoms with Crippen LogP contribution < -0.4 is 5.32 Å². The number of aromatic nitrogens is 3. The molecule has 0 radical (unpaired) electrons. The zero-order valence-corrected chi connectivity index (χ0v) is 13.0. The van der Waals surface area contributed by atoms with Crippen molar-refractivity contribution in [2.45, 2.75) is 43.8 Å². The van der Waals surface area contributed by atoms with Crippen molar-refractivity contribution in [1.29, 1.82) is 0 Å². The van der Waals surface area contributed by atoms with Crippen LogP contribution in [0, 0.1) is 0 Å². The normalized spacial score (nSPS) is 32.8. The second-order valence-electron chi connectivity index (χ2n) is 6.41. The summed E-state index contributed by atoms with van der Waals surface area (Å²) in [6, 6.07) is 0. The van der Waals surface area contributed by atoms with Gasteiger partial charge in [0, 0.05) is 12.6 Å². The molecule has 1 fully saturated rings. The first-order valence-corrected chi connectivity index (χ1v) is 7.74. The molecule has 0 spiro atoms. The monoisotopic (exact) mass is 334 g/mol. The van der Waals surface area contributed by atoms with Gasteiger partial charge in [-0.2, -0.15) is 0 Å². The van der Waals surface area contributed by atoms with E-state index in [-0.39, 0.29) is 5.91 Å². The maximum atomic E-state index is 11.8. The number of aryl methyl sites for hydroxylation is 1. The minimum atomic E-state index is -1.60. The number of hydrogen-bond acceptors (Lipinski definition) is 7. The smallest absolute Gasteiger partial charge is 0.225 e. The van der Waals surface area contributed by atoms with Crippen LogP contribution in [0.2, 0.25) is 0 Å². The van der Waals surface area contributed by atoms with Gasteiger partial charge in [-0.1, -0.05) is 0 Å². The highest BCUT2D eigenvalue weighted by atomic mass is 16.6. The molecule has 2 aromatic heterocycles. The molecule has 1 saturated heterocycles. The minimum absolute atomic E-state index is 0.113. The van der Waals surface area contributed by atoms with E-state index >= 15 is 0 Å². The lowest BCUT2D eigenvalue weighted by Crippen LogP contribution is -2.44. The molecular formula is C15H18N4O5. The van der Waals surface area contributed by atoms with E-state index in [0.717, 1.165) is 5.56 Å². The average Bonchev–Trinajstić information content (AvgIpc) is 2.95. The van der Waals surface area contributed by atoms with Gasteiger partial charge in [-0.05, 0) is 18.9 Å². The zero-order valence-electron chi connectivity index (χ0n) is 13.0. The van der Waals surface area contributed by atoms with Crippen molar-refractivity contribution in [3.63, 3.8) is 0 Å². The second kappa shape index (κ2) is 5.21. The molecule has 24 heavy (non-hydrogen) atoms. The van der Waals surface area contributed by atoms with Gasteiger partial charge in [0.15, 0.2) is 6.23 Å². The van der Waals surface area contributed by atoms with Crippen LogP contribution >= 0.6 is 0 Å². The maximum absolute atomic E-state index is 11.8. The number of ether oxygens (including phenoxy) is 1. The van der Waals surface area contributed by atoms with Crippen LogP contribution in [0.1, 0.15) is 25.1 Å². The predicted octanol–water partition coefficient (Wildman–Crippen LogP) is -0.682. The van der Waals surface area contributed by atoms with Crippen molar-refractivity contribution in [3.8, 4) is 0 Å². The Hall–Kier alpha value is -2.07. The van der Waals surface area contributed by atoms with Crippen molar-refractivity contribution in [1.82, 2.24) is 14.5 Å². The summed E-state index contributed by atoms with van der Waals surface area (Å²) in [5, 5.41) is 33.7. The van der Waals surface area contributed by atoms with E-state index in [1.807, 2.05) is 0 Å². The Morgan fingerprint density at radius 3 is 2.96 bits per heavy atom. The lowest BCUT2D eigenvalue weighted by molar-refractivity contribution is -0.116. The average molecular weight is 334 g/mol. The fraction of sp³-hybridized carbons (Fsp3) is 0.533. The Balaban J connectivity index is 1.87. The fourth-order valence-corrected chi connectivity index (χ4v) is 3.46. The third-order valence-corrected chi connectivity index (χ3v) is 4.75. The van der Waals surface area contributed by atoms with Crippen LogP contribution in [0.25, 0.3) is 11.0 Å². The molecule has 0 aromatic carbocycles. The van der Waals surface area contributed by atoms with Gasteiger partial charge in [-0.3, -0.25) is 4.79 Å². The van der Waals surface area contributed by atoms with Gasteiger partial charge in [-0.15, -0.1) is 0 Å². The molecule has 0 saturated carbocycles. The lowest BCUT2D eigenvalue weighted by atomic mass is 9.96. The summed E-state index contributed by atoms with van der Waals surface area (Å²) >= 11 is 0. The highest BCUT2D eigenvalue weighted by Crippen LogP contribution is 2.41. The van der Waals surface area contributed by atoms with Gasteiger partial charge in [0.2, 0.25) is 5.91 Å². The van der Waals surface area contributed by atoms with Gasteiger partial charge in [-0.25, -0.2) is 9.97 Å². The molecule has 1 amide bonds. The molecule has 4 atom stereocenters. The Morgan fingerprint density at radius 1 is 1.46 bits per heavy atom. The van der Waals surface area contributed by atoms with Gasteiger partial charge < -0.3 is 29.9 Å². The Morgan fingerprint density at radius 2 is 2.25 bits per heavy atom. The summed E-state index contributed by atoms with van der Waals surface area (Å²) in [5.74, 6) is 0.311. The number of rotatable bonds is 2. The van der Waals surface area contributed by atoms with Gasteiger partial charge in [0.1, 0.15) is 35.6 Å². The van der Waals surface area contributed by atoms with E-state index in [1.165, 1.54) is 13.3 Å². The van der Waals surface area contributed by atoms with E-state index in [0.29, 0.717) is 29.7 Å². The molecule has 2 aliphatic rings.